The number of halogens is 2. The Morgan fingerprint density at radius 1 is 1.37 bits per heavy atom. The van der Waals surface area contributed by atoms with Gasteiger partial charge in [0.15, 0.2) is 6.61 Å². The maximum Gasteiger partial charge on any atom is 0.266 e. The maximum atomic E-state index is 13.3. The van der Waals surface area contributed by atoms with Crippen molar-refractivity contribution in [3.63, 3.8) is 0 Å². The van der Waals surface area contributed by atoms with Crippen LogP contribution >= 0.6 is 22.9 Å². The highest BCUT2D eigenvalue weighted by atomic mass is 35.5. The number of benzene rings is 1. The van der Waals surface area contributed by atoms with E-state index in [1.807, 2.05) is 6.07 Å². The highest BCUT2D eigenvalue weighted by Crippen LogP contribution is 2.20. The van der Waals surface area contributed by atoms with Crippen LogP contribution in [0.5, 0.6) is 5.75 Å². The molecule has 2 amide bonds. The normalized spacial score (nSPS) is 9.96. The van der Waals surface area contributed by atoms with Crippen LogP contribution in [0.2, 0.25) is 5.02 Å². The van der Waals surface area contributed by atoms with Gasteiger partial charge >= 0.3 is 0 Å². The van der Waals surface area contributed by atoms with Gasteiger partial charge in [-0.25, -0.2) is 4.39 Å². The lowest BCUT2D eigenvalue weighted by molar-refractivity contribution is -0.123. The second-order valence-electron chi connectivity index (χ2n) is 5.30. The van der Waals surface area contributed by atoms with Crippen LogP contribution in [0.4, 0.5) is 4.39 Å². The molecule has 0 saturated heterocycles. The van der Waals surface area contributed by atoms with Crippen LogP contribution in [-0.2, 0) is 4.79 Å². The first kappa shape index (κ1) is 20.4. The minimum Gasteiger partial charge on any atom is -0.484 e. The minimum absolute atomic E-state index is 0.0307. The monoisotopic (exact) mass is 407 g/mol. The Balaban J connectivity index is 1.70. The van der Waals surface area contributed by atoms with E-state index in [9.17, 15) is 14.0 Å². The van der Waals surface area contributed by atoms with Gasteiger partial charge in [0.2, 0.25) is 0 Å². The van der Waals surface area contributed by atoms with Gasteiger partial charge in [0.1, 0.15) is 22.5 Å². The Kier molecular flexibility index (Phi) is 7.34. The van der Waals surface area contributed by atoms with E-state index >= 15 is 0 Å². The van der Waals surface area contributed by atoms with Gasteiger partial charge in [-0.3, -0.25) is 9.59 Å². The van der Waals surface area contributed by atoms with Crippen LogP contribution in [0.15, 0.2) is 41.9 Å². The van der Waals surface area contributed by atoms with E-state index < -0.39 is 17.6 Å². The summed E-state index contributed by atoms with van der Waals surface area (Å²) >= 11 is 6.73. The van der Waals surface area contributed by atoms with Crippen molar-refractivity contribution in [2.45, 2.75) is 6.42 Å². The average Bonchev–Trinajstić information content (AvgIpc) is 3.11. The second-order valence-corrected chi connectivity index (χ2v) is 6.62. The Labute approximate surface area is 164 Å². The molecule has 0 aliphatic rings. The van der Waals surface area contributed by atoms with Crippen molar-refractivity contribution in [2.24, 2.45) is 0 Å². The molecular weight excluding hydrogens is 393 g/mol. The van der Waals surface area contributed by atoms with Crippen molar-refractivity contribution in [1.82, 2.24) is 10.6 Å². The summed E-state index contributed by atoms with van der Waals surface area (Å²) in [6, 6.07) is 7.38. The van der Waals surface area contributed by atoms with Crippen molar-refractivity contribution in [1.29, 1.82) is 5.26 Å². The molecule has 0 atom stereocenters. The van der Waals surface area contributed by atoms with Crippen molar-refractivity contribution in [3.05, 3.63) is 63.2 Å². The van der Waals surface area contributed by atoms with E-state index in [0.717, 1.165) is 17.4 Å². The molecule has 2 aromatic rings. The van der Waals surface area contributed by atoms with Crippen molar-refractivity contribution >= 4 is 34.8 Å². The predicted octanol–water partition coefficient (Wildman–Crippen LogP) is 3.24. The highest BCUT2D eigenvalue weighted by Gasteiger charge is 2.13. The molecule has 0 saturated carbocycles. The molecule has 0 radical (unpaired) electrons. The molecule has 0 aliphatic carbocycles. The molecule has 0 fully saturated rings. The first-order valence-corrected chi connectivity index (χ1v) is 8.97. The number of nitrogens with one attached hydrogen (secondary N) is 2. The van der Waals surface area contributed by atoms with E-state index in [-0.39, 0.29) is 23.9 Å². The standard InChI is InChI=1S/C18H15ClFN3O3S/c1-11(23-18(25)17-12(9-21)5-7-27-17)4-6-22-16(24)10-26-13-2-3-14(19)15(20)8-13/h2-3,5,7-8H,1,4,6,10H2,(H,22,24)(H,23,25). The lowest BCUT2D eigenvalue weighted by Crippen LogP contribution is -2.31. The van der Waals surface area contributed by atoms with Crippen LogP contribution in [0, 0.1) is 17.1 Å². The fraction of sp³-hybridized carbons (Fsp3) is 0.167. The smallest absolute Gasteiger partial charge is 0.266 e. The van der Waals surface area contributed by atoms with Crippen LogP contribution in [-0.4, -0.2) is 25.0 Å². The Morgan fingerprint density at radius 2 is 2.15 bits per heavy atom. The third-order valence-corrected chi connectivity index (χ3v) is 4.51. The number of nitriles is 1. The zero-order chi connectivity index (χ0) is 19.8. The molecule has 27 heavy (non-hydrogen) atoms. The van der Waals surface area contributed by atoms with Crippen LogP contribution in [0.1, 0.15) is 21.7 Å². The number of thiophene rings is 1. The summed E-state index contributed by atoms with van der Waals surface area (Å²) in [5.41, 5.74) is 0.702. The van der Waals surface area contributed by atoms with Crippen molar-refractivity contribution in [2.75, 3.05) is 13.2 Å². The van der Waals surface area contributed by atoms with E-state index in [1.165, 1.54) is 12.1 Å². The van der Waals surface area contributed by atoms with Crippen LogP contribution < -0.4 is 15.4 Å². The summed E-state index contributed by atoms with van der Waals surface area (Å²) in [5.74, 6) is -1.26. The molecule has 140 valence electrons. The van der Waals surface area contributed by atoms with Gasteiger partial charge in [0, 0.05) is 24.7 Å². The number of ether oxygens (including phenoxy) is 1. The summed E-state index contributed by atoms with van der Waals surface area (Å²) in [5, 5.41) is 15.7. The zero-order valence-electron chi connectivity index (χ0n) is 14.1. The lowest BCUT2D eigenvalue weighted by atomic mass is 10.2. The van der Waals surface area contributed by atoms with Gasteiger partial charge in [0.05, 0.1) is 10.6 Å². The molecule has 9 heteroatoms. The first-order valence-electron chi connectivity index (χ1n) is 7.72. The molecule has 6 nitrogen and oxygen atoms in total. The molecule has 0 aliphatic heterocycles. The number of hydrogen-bond acceptors (Lipinski definition) is 5. The molecule has 1 aromatic heterocycles. The first-order chi connectivity index (χ1) is 12.9. The average molecular weight is 408 g/mol. The quantitative estimate of drug-likeness (QED) is 0.702. The number of rotatable bonds is 8. The fourth-order valence-corrected chi connectivity index (χ4v) is 2.83. The third kappa shape index (κ3) is 6.09. The molecule has 2 rings (SSSR count). The molecular formula is C18H15ClFN3O3S. The number of amides is 2. The summed E-state index contributed by atoms with van der Waals surface area (Å²) in [6.45, 7) is 3.66. The summed E-state index contributed by atoms with van der Waals surface area (Å²) in [4.78, 5) is 24.1. The van der Waals surface area contributed by atoms with E-state index in [2.05, 4.69) is 17.2 Å². The third-order valence-electron chi connectivity index (χ3n) is 3.29. The summed E-state index contributed by atoms with van der Waals surface area (Å²) < 4.78 is 18.4. The van der Waals surface area contributed by atoms with Gasteiger partial charge < -0.3 is 15.4 Å². The van der Waals surface area contributed by atoms with Gasteiger partial charge in [-0.15, -0.1) is 11.3 Å². The lowest BCUT2D eigenvalue weighted by Gasteiger charge is -2.10. The Bertz CT molecular complexity index is 907. The summed E-state index contributed by atoms with van der Waals surface area (Å²) in [7, 11) is 0. The van der Waals surface area contributed by atoms with E-state index in [0.29, 0.717) is 22.6 Å². The fourth-order valence-electron chi connectivity index (χ4n) is 1.97. The second kappa shape index (κ2) is 9.71. The predicted molar refractivity (Wildman–Crippen MR) is 100 cm³/mol. The maximum absolute atomic E-state index is 13.3. The molecule has 0 spiro atoms. The molecule has 2 N–H and O–H groups in total. The SMILES string of the molecule is C=C(CCNC(=O)COc1ccc(Cl)c(F)c1)NC(=O)c1sccc1C#N. The zero-order valence-corrected chi connectivity index (χ0v) is 15.6. The van der Waals surface area contributed by atoms with Crippen molar-refractivity contribution < 1.29 is 18.7 Å². The largest absolute Gasteiger partial charge is 0.484 e. The van der Waals surface area contributed by atoms with Gasteiger partial charge in [-0.1, -0.05) is 18.2 Å². The molecule has 1 heterocycles. The molecule has 0 unspecified atom stereocenters. The molecule has 0 bridgehead atoms. The van der Waals surface area contributed by atoms with Crippen LogP contribution in [0.25, 0.3) is 0 Å². The number of carbonyl (C=O) groups excluding carboxylic acids is 2. The van der Waals surface area contributed by atoms with Crippen molar-refractivity contribution in [3.8, 4) is 11.8 Å². The van der Waals surface area contributed by atoms with E-state index in [1.54, 1.807) is 11.4 Å². The summed E-state index contributed by atoms with van der Waals surface area (Å²) in [6.07, 6.45) is 0.306. The Morgan fingerprint density at radius 3 is 2.85 bits per heavy atom. The highest BCUT2D eigenvalue weighted by molar-refractivity contribution is 7.12. The number of carbonyl (C=O) groups is 2. The minimum atomic E-state index is -0.632. The molecule has 1 aromatic carbocycles. The van der Waals surface area contributed by atoms with E-state index in [4.69, 9.17) is 21.6 Å². The van der Waals surface area contributed by atoms with Crippen LogP contribution in [0.3, 0.4) is 0 Å². The van der Waals surface area contributed by atoms with Gasteiger partial charge in [-0.2, -0.15) is 5.26 Å². The Hall–Kier alpha value is -2.89. The number of hydrogen-bond donors (Lipinski definition) is 2. The van der Waals surface area contributed by atoms with Gasteiger partial charge in [0.25, 0.3) is 11.8 Å². The van der Waals surface area contributed by atoms with Gasteiger partial charge in [-0.05, 0) is 23.6 Å². The topological polar surface area (TPSA) is 91.2 Å². The number of nitrogens with zero attached hydrogens (tertiary/aromatic N) is 1.